The van der Waals surface area contributed by atoms with Gasteiger partial charge in [0, 0.05) is 5.56 Å². The van der Waals surface area contributed by atoms with Crippen LogP contribution in [-0.4, -0.2) is 10.2 Å². The molecule has 3 nitrogen and oxygen atoms in total. The Hall–Kier alpha value is -5.28. The van der Waals surface area contributed by atoms with Crippen LogP contribution in [0.25, 0.3) is 39.3 Å². The van der Waals surface area contributed by atoms with Crippen LogP contribution in [0.5, 0.6) is 0 Å². The molecule has 1 spiro atoms. The maximum atomic E-state index is 6.27. The molecule has 0 fully saturated rings. The maximum absolute atomic E-state index is 6.27. The maximum Gasteiger partial charge on any atom is 0.247 e. The number of hydrogen-bond donors (Lipinski definition) is 0. The topological polar surface area (TPSA) is 38.9 Å². The molecule has 0 bridgehead atoms. The van der Waals surface area contributed by atoms with E-state index in [1.807, 2.05) is 30.3 Å². The van der Waals surface area contributed by atoms with E-state index >= 15 is 0 Å². The molecule has 3 aliphatic carbocycles. The van der Waals surface area contributed by atoms with Crippen molar-refractivity contribution in [3.05, 3.63) is 173 Å². The van der Waals surface area contributed by atoms with Crippen molar-refractivity contribution in [3.8, 4) is 33.7 Å². The summed E-state index contributed by atoms with van der Waals surface area (Å²) in [6.45, 7) is 2.22. The summed E-state index contributed by atoms with van der Waals surface area (Å²) in [5.74, 6) is 1.43. The van der Waals surface area contributed by atoms with Crippen LogP contribution >= 0.6 is 0 Å². The average Bonchev–Trinajstić information content (AvgIpc) is 3.76. The minimum absolute atomic E-state index is 0.0145. The Morgan fingerprint density at radius 3 is 1.88 bits per heavy atom. The molecule has 204 valence electrons. The fourth-order valence-corrected chi connectivity index (χ4v) is 7.70. The zero-order valence-corrected chi connectivity index (χ0v) is 23.7. The molecule has 3 heteroatoms. The highest BCUT2D eigenvalue weighted by Crippen LogP contribution is 2.63. The minimum Gasteiger partial charge on any atom is -0.420 e. The predicted molar refractivity (Wildman–Crippen MR) is 171 cm³/mol. The Morgan fingerprint density at radius 2 is 1.16 bits per heavy atom. The van der Waals surface area contributed by atoms with Gasteiger partial charge in [-0.15, -0.1) is 10.2 Å². The quantitative estimate of drug-likeness (QED) is 0.219. The molecule has 2 atom stereocenters. The third-order valence-electron chi connectivity index (χ3n) is 9.58. The van der Waals surface area contributed by atoms with Gasteiger partial charge in [-0.05, 0) is 73.7 Å². The Balaban J connectivity index is 1.24. The molecule has 0 saturated carbocycles. The molecule has 3 aliphatic rings. The SMILES string of the molecule is CC1C=CC(c2cccc3c2-c2ccccc2C32c3ccccc3-c3ccccc32)=CC1c1nnc(-c2ccccc2)o1. The van der Waals surface area contributed by atoms with Crippen molar-refractivity contribution < 1.29 is 4.42 Å². The van der Waals surface area contributed by atoms with E-state index in [2.05, 4.69) is 126 Å². The molecule has 0 radical (unpaired) electrons. The summed E-state index contributed by atoms with van der Waals surface area (Å²) in [5, 5.41) is 8.92. The molecule has 5 aromatic carbocycles. The van der Waals surface area contributed by atoms with E-state index in [0.29, 0.717) is 11.8 Å². The number of hydrogen-bond acceptors (Lipinski definition) is 3. The Kier molecular flexibility index (Phi) is 5.15. The van der Waals surface area contributed by atoms with Crippen LogP contribution in [0.2, 0.25) is 0 Å². The van der Waals surface area contributed by atoms with Crippen molar-refractivity contribution in [2.75, 3.05) is 0 Å². The first-order chi connectivity index (χ1) is 21.2. The van der Waals surface area contributed by atoms with Gasteiger partial charge >= 0.3 is 0 Å². The fraction of sp³-hybridized carbons (Fsp3) is 0.100. The van der Waals surface area contributed by atoms with Crippen LogP contribution in [0.15, 0.2) is 144 Å². The van der Waals surface area contributed by atoms with E-state index < -0.39 is 0 Å². The summed E-state index contributed by atoms with van der Waals surface area (Å²) in [6.07, 6.45) is 6.88. The lowest BCUT2D eigenvalue weighted by atomic mass is 9.70. The normalized spacial score (nSPS) is 18.6. The van der Waals surface area contributed by atoms with Gasteiger partial charge in [0.25, 0.3) is 0 Å². The smallest absolute Gasteiger partial charge is 0.247 e. The van der Waals surface area contributed by atoms with E-state index in [-0.39, 0.29) is 17.3 Å². The molecule has 6 aromatic rings. The standard InChI is InChI=1S/C40H28N2O/c1-25-22-23-27(24-32(25)39-42-41-38(43-39)26-12-3-2-4-13-26)28-17-11-21-36-37(28)31-16-7-10-20-35(31)40(36)33-18-8-5-14-29(33)30-15-6-9-19-34(30)40/h2-25,32H,1H3. The average molecular weight is 553 g/mol. The van der Waals surface area contributed by atoms with Crippen LogP contribution in [0.4, 0.5) is 0 Å². The molecule has 0 saturated heterocycles. The van der Waals surface area contributed by atoms with Gasteiger partial charge in [0.15, 0.2) is 0 Å². The molecule has 43 heavy (non-hydrogen) atoms. The van der Waals surface area contributed by atoms with Gasteiger partial charge in [-0.1, -0.05) is 134 Å². The summed E-state index contributed by atoms with van der Waals surface area (Å²) in [6, 6.07) is 43.7. The van der Waals surface area contributed by atoms with Crippen molar-refractivity contribution in [3.63, 3.8) is 0 Å². The van der Waals surface area contributed by atoms with Crippen LogP contribution in [0.3, 0.4) is 0 Å². The zero-order valence-electron chi connectivity index (χ0n) is 23.7. The first kappa shape index (κ1) is 24.3. The summed E-state index contributed by atoms with van der Waals surface area (Å²) in [5.41, 5.74) is 13.7. The minimum atomic E-state index is -0.349. The number of nitrogens with zero attached hydrogens (tertiary/aromatic N) is 2. The Bertz CT molecular complexity index is 2070. The molecule has 9 rings (SSSR count). The summed E-state index contributed by atoms with van der Waals surface area (Å²) < 4.78 is 6.27. The lowest BCUT2D eigenvalue weighted by Gasteiger charge is -2.30. The third kappa shape index (κ3) is 3.31. The van der Waals surface area contributed by atoms with Crippen LogP contribution in [0.1, 0.15) is 46.5 Å². The van der Waals surface area contributed by atoms with Gasteiger partial charge in [-0.3, -0.25) is 0 Å². The van der Waals surface area contributed by atoms with Crippen molar-refractivity contribution in [1.29, 1.82) is 0 Å². The number of aromatic nitrogens is 2. The highest BCUT2D eigenvalue weighted by Gasteiger charge is 2.52. The monoisotopic (exact) mass is 552 g/mol. The molecule has 0 amide bonds. The van der Waals surface area contributed by atoms with Crippen LogP contribution in [-0.2, 0) is 5.41 Å². The molecule has 0 aliphatic heterocycles. The second-order valence-electron chi connectivity index (χ2n) is 11.8. The number of fused-ring (bicyclic) bond motifs is 10. The molecule has 1 heterocycles. The molecular formula is C40H28N2O. The zero-order chi connectivity index (χ0) is 28.5. The first-order valence-corrected chi connectivity index (χ1v) is 15.0. The number of allylic oxidation sites excluding steroid dienone is 4. The van der Waals surface area contributed by atoms with Crippen molar-refractivity contribution in [1.82, 2.24) is 10.2 Å². The van der Waals surface area contributed by atoms with Crippen molar-refractivity contribution in [2.24, 2.45) is 5.92 Å². The van der Waals surface area contributed by atoms with Gasteiger partial charge < -0.3 is 4.42 Å². The number of rotatable bonds is 3. The second-order valence-corrected chi connectivity index (χ2v) is 11.8. The first-order valence-electron chi connectivity index (χ1n) is 15.0. The Labute approximate surface area is 250 Å². The fourth-order valence-electron chi connectivity index (χ4n) is 7.70. The highest BCUT2D eigenvalue weighted by atomic mass is 16.4. The molecule has 2 unspecified atom stereocenters. The largest absolute Gasteiger partial charge is 0.420 e. The van der Waals surface area contributed by atoms with Crippen LogP contribution < -0.4 is 0 Å². The van der Waals surface area contributed by atoms with Gasteiger partial charge in [0.1, 0.15) is 0 Å². The van der Waals surface area contributed by atoms with E-state index in [0.717, 1.165) is 5.56 Å². The molecular weight excluding hydrogens is 524 g/mol. The summed E-state index contributed by atoms with van der Waals surface area (Å²) in [7, 11) is 0. The van der Waals surface area contributed by atoms with Gasteiger partial charge in [0.2, 0.25) is 11.8 Å². The number of benzene rings is 5. The lowest BCUT2D eigenvalue weighted by molar-refractivity contribution is 0.447. The van der Waals surface area contributed by atoms with Gasteiger partial charge in [0.05, 0.1) is 11.3 Å². The summed E-state index contributed by atoms with van der Waals surface area (Å²) in [4.78, 5) is 0. The van der Waals surface area contributed by atoms with Crippen molar-refractivity contribution >= 4 is 5.57 Å². The molecule has 1 aromatic heterocycles. The summed E-state index contributed by atoms with van der Waals surface area (Å²) >= 11 is 0. The van der Waals surface area contributed by atoms with E-state index in [1.54, 1.807) is 0 Å². The van der Waals surface area contributed by atoms with E-state index in [9.17, 15) is 0 Å². The van der Waals surface area contributed by atoms with Gasteiger partial charge in [-0.25, -0.2) is 0 Å². The van der Waals surface area contributed by atoms with Gasteiger partial charge in [-0.2, -0.15) is 0 Å². The third-order valence-corrected chi connectivity index (χ3v) is 9.58. The van der Waals surface area contributed by atoms with Crippen LogP contribution in [0, 0.1) is 5.92 Å². The lowest BCUT2D eigenvalue weighted by Crippen LogP contribution is -2.25. The van der Waals surface area contributed by atoms with E-state index in [4.69, 9.17) is 4.42 Å². The van der Waals surface area contributed by atoms with E-state index in [1.165, 1.54) is 55.6 Å². The Morgan fingerprint density at radius 1 is 0.581 bits per heavy atom. The van der Waals surface area contributed by atoms with Crippen molar-refractivity contribution in [2.45, 2.75) is 18.3 Å². The second kappa shape index (κ2) is 9.11. The molecule has 0 N–H and O–H groups in total. The predicted octanol–water partition coefficient (Wildman–Crippen LogP) is 9.45. The highest BCUT2D eigenvalue weighted by molar-refractivity contribution is 5.99.